The van der Waals surface area contributed by atoms with Gasteiger partial charge in [-0.3, -0.25) is 9.69 Å². The summed E-state index contributed by atoms with van der Waals surface area (Å²) in [6.07, 6.45) is 1.84. The van der Waals surface area contributed by atoms with Gasteiger partial charge in [-0.2, -0.15) is 0 Å². The molecule has 0 spiro atoms. The Morgan fingerprint density at radius 1 is 1.06 bits per heavy atom. The highest BCUT2D eigenvalue weighted by Crippen LogP contribution is 2.38. The van der Waals surface area contributed by atoms with Gasteiger partial charge in [0.05, 0.1) is 10.6 Å². The van der Waals surface area contributed by atoms with Gasteiger partial charge in [0.2, 0.25) is 0 Å². The van der Waals surface area contributed by atoms with Crippen LogP contribution >= 0.6 is 63.1 Å². The van der Waals surface area contributed by atoms with Crippen LogP contribution in [0, 0.1) is 0 Å². The molecule has 0 aliphatic carbocycles. The predicted octanol–water partition coefficient (Wildman–Crippen LogP) is 8.59. The van der Waals surface area contributed by atoms with Crippen LogP contribution in [0.4, 0.5) is 11.4 Å². The van der Waals surface area contributed by atoms with E-state index in [1.54, 1.807) is 17.0 Å². The molecule has 0 unspecified atom stereocenters. The number of anilines is 2. The normalized spacial score (nSPS) is 14.6. The molecule has 0 saturated carbocycles. The zero-order valence-corrected chi connectivity index (χ0v) is 24.4. The summed E-state index contributed by atoms with van der Waals surface area (Å²) in [4.78, 5) is 17.6. The zero-order chi connectivity index (χ0) is 25.8. The topological polar surface area (TPSA) is 32.8 Å². The largest absolute Gasteiger partial charge is 0.488 e. The van der Waals surface area contributed by atoms with E-state index in [0.717, 1.165) is 40.1 Å². The fourth-order valence-electron chi connectivity index (χ4n) is 3.77. The first-order valence-corrected chi connectivity index (χ1v) is 14.1. The number of thioether (sulfide) groups is 1. The molecule has 0 radical (unpaired) electrons. The molecule has 9 heteroatoms. The Balaban J connectivity index is 1.67. The van der Waals surface area contributed by atoms with E-state index in [1.807, 2.05) is 54.6 Å². The van der Waals surface area contributed by atoms with E-state index in [0.29, 0.717) is 25.0 Å². The van der Waals surface area contributed by atoms with Crippen molar-refractivity contribution in [1.29, 1.82) is 0 Å². The van der Waals surface area contributed by atoms with E-state index in [2.05, 4.69) is 34.7 Å². The maximum absolute atomic E-state index is 13.3. The van der Waals surface area contributed by atoms with Crippen molar-refractivity contribution in [1.82, 2.24) is 0 Å². The molecule has 0 N–H and O–H groups in total. The first kappa shape index (κ1) is 27.0. The molecule has 0 aromatic heterocycles. The number of thiocarbonyl (C=S) groups is 1. The lowest BCUT2D eigenvalue weighted by molar-refractivity contribution is -0.113. The van der Waals surface area contributed by atoms with Crippen molar-refractivity contribution in [3.63, 3.8) is 0 Å². The summed E-state index contributed by atoms with van der Waals surface area (Å²) >= 11 is 22.6. The maximum Gasteiger partial charge on any atom is 0.270 e. The van der Waals surface area contributed by atoms with Crippen LogP contribution in [0.2, 0.25) is 10.0 Å². The average Bonchev–Trinajstić information content (AvgIpc) is 3.13. The summed E-state index contributed by atoms with van der Waals surface area (Å²) in [6, 6.07) is 18.8. The molecule has 0 atom stereocenters. The van der Waals surface area contributed by atoms with Crippen molar-refractivity contribution >= 4 is 90.8 Å². The number of carbonyl (C=O) groups excluding carboxylic acids is 1. The van der Waals surface area contributed by atoms with Crippen LogP contribution in [0.15, 0.2) is 70.0 Å². The quantitative estimate of drug-likeness (QED) is 0.186. The molecule has 1 aliphatic heterocycles. The molecule has 3 aromatic rings. The van der Waals surface area contributed by atoms with Crippen molar-refractivity contribution < 1.29 is 9.53 Å². The van der Waals surface area contributed by atoms with Crippen LogP contribution < -0.4 is 14.5 Å². The summed E-state index contributed by atoms with van der Waals surface area (Å²) in [7, 11) is 0. The number of nitrogens with zero attached hydrogens (tertiary/aromatic N) is 2. The third kappa shape index (κ3) is 6.09. The van der Waals surface area contributed by atoms with Gasteiger partial charge in [-0.05, 0) is 68.5 Å². The van der Waals surface area contributed by atoms with Crippen LogP contribution in [-0.2, 0) is 11.4 Å². The number of rotatable bonds is 8. The summed E-state index contributed by atoms with van der Waals surface area (Å²) < 4.78 is 7.67. The second kappa shape index (κ2) is 12.0. The van der Waals surface area contributed by atoms with E-state index in [4.69, 9.17) is 40.2 Å². The van der Waals surface area contributed by atoms with Crippen LogP contribution in [0.3, 0.4) is 0 Å². The second-order valence-electron chi connectivity index (χ2n) is 7.91. The summed E-state index contributed by atoms with van der Waals surface area (Å²) in [5.41, 5.74) is 3.38. The number of benzene rings is 3. The van der Waals surface area contributed by atoms with Gasteiger partial charge in [-0.1, -0.05) is 69.2 Å². The molecule has 1 saturated heterocycles. The number of ether oxygens (including phenoxy) is 1. The second-order valence-corrected chi connectivity index (χ2v) is 11.3. The molecule has 0 bridgehead atoms. The van der Waals surface area contributed by atoms with E-state index in [-0.39, 0.29) is 12.5 Å². The standard InChI is InChI=1S/C27H23BrCl2N2O2S2/c1-3-31(4-2)22-10-6-17(24(15-22)34-16-18-5-9-20(29)14-23(18)30)13-25-26(33)32(27(35)36-25)21-11-7-19(28)8-12-21/h5-15H,3-4,16H2,1-2H3/b25-13+. The van der Waals surface area contributed by atoms with Gasteiger partial charge in [0.1, 0.15) is 12.4 Å². The average molecular weight is 622 g/mol. The Morgan fingerprint density at radius 3 is 2.44 bits per heavy atom. The van der Waals surface area contributed by atoms with Crippen molar-refractivity contribution in [2.24, 2.45) is 0 Å². The molecule has 4 nitrogen and oxygen atoms in total. The summed E-state index contributed by atoms with van der Waals surface area (Å²) in [5.74, 6) is 0.492. The molecule has 3 aromatic carbocycles. The van der Waals surface area contributed by atoms with Gasteiger partial charge in [-0.15, -0.1) is 0 Å². The van der Waals surface area contributed by atoms with Gasteiger partial charge >= 0.3 is 0 Å². The minimum atomic E-state index is -0.160. The van der Waals surface area contributed by atoms with Gasteiger partial charge in [0.15, 0.2) is 4.32 Å². The molecule has 36 heavy (non-hydrogen) atoms. The Labute approximate surface area is 239 Å². The van der Waals surface area contributed by atoms with E-state index >= 15 is 0 Å². The summed E-state index contributed by atoms with van der Waals surface area (Å²) in [6.45, 7) is 6.21. The van der Waals surface area contributed by atoms with E-state index in [1.165, 1.54) is 11.8 Å². The minimum Gasteiger partial charge on any atom is -0.488 e. The van der Waals surface area contributed by atoms with Crippen LogP contribution in [0.5, 0.6) is 5.75 Å². The molecule has 186 valence electrons. The van der Waals surface area contributed by atoms with Gasteiger partial charge in [0, 0.05) is 50.5 Å². The third-order valence-corrected chi connectivity index (χ3v) is 8.11. The Kier molecular flexibility index (Phi) is 9.01. The lowest BCUT2D eigenvalue weighted by atomic mass is 10.1. The highest BCUT2D eigenvalue weighted by Gasteiger charge is 2.33. The molecule has 1 fully saturated rings. The monoisotopic (exact) mass is 620 g/mol. The molecule has 1 heterocycles. The smallest absolute Gasteiger partial charge is 0.270 e. The first-order chi connectivity index (χ1) is 17.3. The molecular weight excluding hydrogens is 599 g/mol. The number of hydrogen-bond acceptors (Lipinski definition) is 5. The number of hydrogen-bond donors (Lipinski definition) is 0. The lowest BCUT2D eigenvalue weighted by Crippen LogP contribution is -2.27. The number of carbonyl (C=O) groups is 1. The zero-order valence-electron chi connectivity index (χ0n) is 19.6. The van der Waals surface area contributed by atoms with Crippen molar-refractivity contribution in [2.45, 2.75) is 20.5 Å². The Bertz CT molecular complexity index is 1330. The fourth-order valence-corrected chi connectivity index (χ4v) is 5.79. The van der Waals surface area contributed by atoms with Gasteiger partial charge in [-0.25, -0.2) is 0 Å². The highest BCUT2D eigenvalue weighted by atomic mass is 79.9. The third-order valence-electron chi connectivity index (χ3n) is 5.69. The first-order valence-electron chi connectivity index (χ1n) is 11.3. The predicted molar refractivity (Wildman–Crippen MR) is 161 cm³/mol. The highest BCUT2D eigenvalue weighted by molar-refractivity contribution is 9.10. The van der Waals surface area contributed by atoms with Gasteiger partial charge in [0.25, 0.3) is 5.91 Å². The van der Waals surface area contributed by atoms with E-state index in [9.17, 15) is 4.79 Å². The SMILES string of the molecule is CCN(CC)c1ccc(/C=C2/SC(=S)N(c3ccc(Br)cc3)C2=O)c(OCc2ccc(Cl)cc2Cl)c1. The minimum absolute atomic E-state index is 0.160. The van der Waals surface area contributed by atoms with Crippen molar-refractivity contribution in [3.8, 4) is 5.75 Å². The molecule has 4 rings (SSSR count). The number of halogens is 3. The summed E-state index contributed by atoms with van der Waals surface area (Å²) in [5, 5.41) is 1.11. The maximum atomic E-state index is 13.3. The molecular formula is C27H23BrCl2N2O2S2. The van der Waals surface area contributed by atoms with Gasteiger partial charge < -0.3 is 9.64 Å². The van der Waals surface area contributed by atoms with E-state index < -0.39 is 0 Å². The van der Waals surface area contributed by atoms with Crippen molar-refractivity contribution in [2.75, 3.05) is 22.9 Å². The molecule has 1 aliphatic rings. The Morgan fingerprint density at radius 2 is 1.78 bits per heavy atom. The van der Waals surface area contributed by atoms with Crippen molar-refractivity contribution in [3.05, 3.63) is 91.2 Å². The number of amides is 1. The van der Waals surface area contributed by atoms with Crippen LogP contribution in [0.1, 0.15) is 25.0 Å². The van der Waals surface area contributed by atoms with Crippen LogP contribution in [0.25, 0.3) is 6.08 Å². The van der Waals surface area contributed by atoms with Crippen LogP contribution in [-0.4, -0.2) is 23.3 Å². The molecule has 1 amide bonds. The Hall–Kier alpha value is -2.03. The lowest BCUT2D eigenvalue weighted by Gasteiger charge is -2.22. The fraction of sp³-hybridized carbons (Fsp3) is 0.185.